The van der Waals surface area contributed by atoms with Crippen molar-refractivity contribution < 1.29 is 29.7 Å². The van der Waals surface area contributed by atoms with Crippen LogP contribution in [0, 0.1) is 0 Å². The van der Waals surface area contributed by atoms with Gasteiger partial charge in [-0.1, -0.05) is 51.0 Å². The van der Waals surface area contributed by atoms with Gasteiger partial charge in [-0.25, -0.2) is 4.79 Å². The van der Waals surface area contributed by atoms with E-state index in [9.17, 15) is 25.2 Å². The van der Waals surface area contributed by atoms with Crippen molar-refractivity contribution >= 4 is 5.97 Å². The van der Waals surface area contributed by atoms with Gasteiger partial charge in [-0.3, -0.25) is 0 Å². The van der Waals surface area contributed by atoms with Crippen molar-refractivity contribution in [2.24, 2.45) is 0 Å². The smallest absolute Gasteiger partial charge is 0.359 e. The van der Waals surface area contributed by atoms with Crippen LogP contribution in [0.1, 0.15) is 52.4 Å². The van der Waals surface area contributed by atoms with Crippen molar-refractivity contribution in [3.8, 4) is 0 Å². The molecule has 0 radical (unpaired) electrons. The van der Waals surface area contributed by atoms with E-state index in [1.54, 1.807) is 0 Å². The Labute approximate surface area is 158 Å². The van der Waals surface area contributed by atoms with Crippen molar-refractivity contribution in [2.75, 3.05) is 32.8 Å². The highest BCUT2D eigenvalue weighted by atomic mass is 16.4. The maximum atomic E-state index is 11.4. The Morgan fingerprint density at radius 2 is 1.38 bits per heavy atom. The summed E-state index contributed by atoms with van der Waals surface area (Å²) in [7, 11) is 0. The van der Waals surface area contributed by atoms with E-state index >= 15 is 0 Å². The second kappa shape index (κ2) is 14.9. The summed E-state index contributed by atoms with van der Waals surface area (Å²) >= 11 is 0. The van der Waals surface area contributed by atoms with Crippen molar-refractivity contribution in [3.63, 3.8) is 0 Å². The lowest BCUT2D eigenvalue weighted by atomic mass is 10.1. The molecule has 0 fully saturated rings. The summed E-state index contributed by atoms with van der Waals surface area (Å²) in [4.78, 5) is 11.4. The first-order valence-corrected chi connectivity index (χ1v) is 9.73. The molecular formula is C20H38NO5+. The largest absolute Gasteiger partial charge is 0.477 e. The highest BCUT2D eigenvalue weighted by Gasteiger charge is 2.34. The van der Waals surface area contributed by atoms with Crippen LogP contribution in [0.25, 0.3) is 0 Å². The zero-order valence-corrected chi connectivity index (χ0v) is 16.4. The van der Waals surface area contributed by atoms with E-state index in [-0.39, 0.29) is 37.3 Å². The minimum atomic E-state index is -0.999. The first-order valence-electron chi connectivity index (χ1n) is 9.73. The van der Waals surface area contributed by atoms with Crippen LogP contribution in [0.5, 0.6) is 0 Å². The lowest BCUT2D eigenvalue weighted by molar-refractivity contribution is -0.927. The van der Waals surface area contributed by atoms with Crippen LogP contribution in [0.2, 0.25) is 0 Å². The third-order valence-electron chi connectivity index (χ3n) is 4.30. The molecule has 0 aliphatic rings. The molecule has 0 aromatic heterocycles. The Kier molecular flexibility index (Phi) is 14.2. The van der Waals surface area contributed by atoms with Crippen LogP contribution in [0.15, 0.2) is 24.3 Å². The molecule has 0 aliphatic carbocycles. The second-order valence-electron chi connectivity index (χ2n) is 7.01. The number of aliphatic hydroxyl groups excluding tert-OH is 3. The Morgan fingerprint density at radius 1 is 0.923 bits per heavy atom. The van der Waals surface area contributed by atoms with E-state index in [0.29, 0.717) is 12.8 Å². The van der Waals surface area contributed by atoms with E-state index < -0.39 is 18.2 Å². The van der Waals surface area contributed by atoms with Crippen LogP contribution in [-0.2, 0) is 4.79 Å². The predicted octanol–water partition coefficient (Wildman–Crippen LogP) is 2.09. The number of nitrogens with zero attached hydrogens (tertiary/aromatic N) is 1. The molecule has 0 spiro atoms. The number of carboxylic acid groups (broad SMARTS) is 1. The van der Waals surface area contributed by atoms with E-state index in [1.165, 1.54) is 0 Å². The van der Waals surface area contributed by atoms with E-state index in [4.69, 9.17) is 0 Å². The fourth-order valence-electron chi connectivity index (χ4n) is 3.08. The molecular weight excluding hydrogens is 334 g/mol. The summed E-state index contributed by atoms with van der Waals surface area (Å²) in [6, 6.07) is 0. The molecule has 0 rings (SSSR count). The summed E-state index contributed by atoms with van der Waals surface area (Å²) in [6.07, 6.45) is 11.3. The van der Waals surface area contributed by atoms with Gasteiger partial charge in [-0.2, -0.15) is 0 Å². The maximum absolute atomic E-state index is 11.4. The van der Waals surface area contributed by atoms with Crippen LogP contribution >= 0.6 is 0 Å². The highest BCUT2D eigenvalue weighted by Crippen LogP contribution is 2.14. The number of carbonyl (C=O) groups is 1. The lowest BCUT2D eigenvalue weighted by Gasteiger charge is -2.39. The molecule has 0 saturated carbocycles. The van der Waals surface area contributed by atoms with Gasteiger partial charge in [-0.15, -0.1) is 0 Å². The van der Waals surface area contributed by atoms with Gasteiger partial charge < -0.3 is 24.9 Å². The van der Waals surface area contributed by atoms with Crippen LogP contribution in [0.4, 0.5) is 0 Å². The molecule has 152 valence electrons. The third-order valence-corrected chi connectivity index (χ3v) is 4.30. The second-order valence-corrected chi connectivity index (χ2v) is 7.01. The number of aliphatic carboxylic acids is 1. The average Bonchev–Trinajstić information content (AvgIpc) is 2.55. The minimum absolute atomic E-state index is 0.0304. The molecule has 26 heavy (non-hydrogen) atoms. The molecule has 6 nitrogen and oxygen atoms in total. The molecule has 2 unspecified atom stereocenters. The maximum Gasteiger partial charge on any atom is 0.359 e. The molecule has 0 heterocycles. The topological polar surface area (TPSA) is 98.0 Å². The fraction of sp³-hybridized carbons (Fsp3) is 0.750. The Hall–Kier alpha value is -1.21. The van der Waals surface area contributed by atoms with Crippen LogP contribution < -0.4 is 0 Å². The van der Waals surface area contributed by atoms with E-state index in [2.05, 4.69) is 13.8 Å². The SMILES string of the molecule is CCC/C=C/CC(O)C[N+](CCO)(CC(=O)O)CC(O)C/C=C/CCC. The lowest BCUT2D eigenvalue weighted by Crippen LogP contribution is -2.59. The zero-order valence-electron chi connectivity index (χ0n) is 16.4. The van der Waals surface area contributed by atoms with Gasteiger partial charge in [-0.05, 0) is 25.7 Å². The Bertz CT molecular complexity index is 396. The number of hydrogen-bond donors (Lipinski definition) is 4. The molecule has 0 aromatic carbocycles. The van der Waals surface area contributed by atoms with Crippen molar-refractivity contribution in [2.45, 2.75) is 64.6 Å². The van der Waals surface area contributed by atoms with Crippen LogP contribution in [-0.4, -0.2) is 75.9 Å². The summed E-state index contributed by atoms with van der Waals surface area (Å²) in [6.45, 7) is 4.31. The average molecular weight is 373 g/mol. The van der Waals surface area contributed by atoms with Gasteiger partial charge in [0.15, 0.2) is 6.54 Å². The summed E-state index contributed by atoms with van der Waals surface area (Å²) in [5.74, 6) is -0.999. The summed E-state index contributed by atoms with van der Waals surface area (Å²) < 4.78 is -0.0304. The fourth-order valence-corrected chi connectivity index (χ4v) is 3.08. The Morgan fingerprint density at radius 3 is 1.73 bits per heavy atom. The molecule has 0 bridgehead atoms. The highest BCUT2D eigenvalue weighted by molar-refractivity contribution is 5.67. The number of unbranched alkanes of at least 4 members (excludes halogenated alkanes) is 2. The van der Waals surface area contributed by atoms with Gasteiger partial charge >= 0.3 is 5.97 Å². The van der Waals surface area contributed by atoms with E-state index in [0.717, 1.165) is 25.7 Å². The minimum Gasteiger partial charge on any atom is -0.477 e. The summed E-state index contributed by atoms with van der Waals surface area (Å²) in [5.41, 5.74) is 0. The van der Waals surface area contributed by atoms with Gasteiger partial charge in [0.1, 0.15) is 31.8 Å². The number of rotatable bonds is 16. The monoisotopic (exact) mass is 372 g/mol. The molecule has 6 heteroatoms. The summed E-state index contributed by atoms with van der Waals surface area (Å²) in [5, 5.41) is 39.4. The molecule has 2 atom stereocenters. The predicted molar refractivity (Wildman–Crippen MR) is 104 cm³/mol. The molecule has 4 N–H and O–H groups in total. The molecule has 0 saturated heterocycles. The third kappa shape index (κ3) is 12.2. The number of quaternary nitrogens is 1. The molecule has 0 aliphatic heterocycles. The normalized spacial score (nSPS) is 16.8. The van der Waals surface area contributed by atoms with Crippen molar-refractivity contribution in [3.05, 3.63) is 24.3 Å². The molecule has 0 amide bonds. The van der Waals surface area contributed by atoms with Gasteiger partial charge in [0.2, 0.25) is 0 Å². The number of aliphatic hydroxyl groups is 3. The van der Waals surface area contributed by atoms with Crippen molar-refractivity contribution in [1.29, 1.82) is 0 Å². The van der Waals surface area contributed by atoms with Gasteiger partial charge in [0.25, 0.3) is 0 Å². The number of carboxylic acids is 1. The van der Waals surface area contributed by atoms with E-state index in [1.807, 2.05) is 24.3 Å². The number of hydrogen-bond acceptors (Lipinski definition) is 4. The van der Waals surface area contributed by atoms with Crippen molar-refractivity contribution in [1.82, 2.24) is 0 Å². The Balaban J connectivity index is 4.99. The van der Waals surface area contributed by atoms with Gasteiger partial charge in [0, 0.05) is 0 Å². The van der Waals surface area contributed by atoms with Gasteiger partial charge in [0.05, 0.1) is 6.61 Å². The zero-order chi connectivity index (χ0) is 19.8. The standard InChI is InChI=1S/C20H37NO5/c1-3-5-7-9-11-18(23)15-21(13-14-22,17-20(25)26)16-19(24)12-10-8-6-4-2/h7-10,18-19,22-24H,3-6,11-17H2,1-2H3/p+1/b9-7+,10-8+. The van der Waals surface area contributed by atoms with Crippen LogP contribution in [0.3, 0.4) is 0 Å². The quantitative estimate of drug-likeness (QED) is 0.246. The number of allylic oxidation sites excluding steroid dienone is 2. The molecule has 0 aromatic rings. The first kappa shape index (κ1) is 24.8. The first-order chi connectivity index (χ1) is 12.4.